The second-order valence-electron chi connectivity index (χ2n) is 6.34. The smallest absolute Gasteiger partial charge is 0.295 e. The van der Waals surface area contributed by atoms with Crippen LogP contribution in [0.1, 0.15) is 24.1 Å². The van der Waals surface area contributed by atoms with E-state index in [-0.39, 0.29) is 11.1 Å². The minimum atomic E-state index is -0.917. The highest BCUT2D eigenvalue weighted by Gasteiger charge is 2.53. The molecule has 1 N–H and O–H groups in total. The number of methoxy groups -OCH3 is 1. The molecule has 4 rings (SSSR count). The van der Waals surface area contributed by atoms with Gasteiger partial charge >= 0.3 is 0 Å². The van der Waals surface area contributed by atoms with Gasteiger partial charge in [0.25, 0.3) is 11.1 Å². The molecule has 138 valence electrons. The minimum Gasteiger partial charge on any atom is -0.495 e. The first-order valence-electron chi connectivity index (χ1n) is 8.74. The largest absolute Gasteiger partial charge is 0.495 e. The second kappa shape index (κ2) is 7.17. The summed E-state index contributed by atoms with van der Waals surface area (Å²) in [4.78, 5) is 32.3. The van der Waals surface area contributed by atoms with Crippen molar-refractivity contribution in [2.24, 2.45) is 0 Å². The number of rotatable bonds is 4. The predicted molar refractivity (Wildman–Crippen MR) is 103 cm³/mol. The first kappa shape index (κ1) is 17.8. The molecule has 2 aromatic rings. The van der Waals surface area contributed by atoms with Crippen molar-refractivity contribution in [2.45, 2.75) is 18.5 Å². The van der Waals surface area contributed by atoms with E-state index in [1.165, 1.54) is 12.0 Å². The lowest BCUT2D eigenvalue weighted by molar-refractivity contribution is -0.128. The number of thioether (sulfide) groups is 1. The number of hydrogen-bond acceptors (Lipinski definition) is 6. The molecule has 1 aromatic carbocycles. The Kier molecular flexibility index (Phi) is 4.72. The molecule has 0 saturated carbocycles. The number of ether oxygens (including phenoxy) is 1. The molecule has 2 fully saturated rings. The minimum absolute atomic E-state index is 0.303. The standard InChI is InChI=1S/C20H19N3O3S/c1-26-16(14-8-3-2-4-9-14)17-18(24)23(19(25)27-17)20(11-7-13-22-20)15-10-5-6-12-21-15/h2-6,8-10,12,22H,7,11,13H2,1H3/t20-/m0/s1. The quantitative estimate of drug-likeness (QED) is 0.647. The summed E-state index contributed by atoms with van der Waals surface area (Å²) >= 11 is 0.914. The van der Waals surface area contributed by atoms with Gasteiger partial charge in [-0.25, -0.2) is 4.90 Å². The van der Waals surface area contributed by atoms with Gasteiger partial charge in [0.15, 0.2) is 0 Å². The molecule has 0 bridgehead atoms. The average molecular weight is 381 g/mol. The Labute approximate surface area is 161 Å². The van der Waals surface area contributed by atoms with Gasteiger partial charge in [-0.3, -0.25) is 19.9 Å². The lowest BCUT2D eigenvalue weighted by Gasteiger charge is -2.36. The van der Waals surface area contributed by atoms with Gasteiger partial charge in [-0.1, -0.05) is 36.4 Å². The number of benzene rings is 1. The van der Waals surface area contributed by atoms with E-state index in [1.54, 1.807) is 6.20 Å². The molecule has 3 heterocycles. The molecular weight excluding hydrogens is 362 g/mol. The number of amides is 2. The lowest BCUT2D eigenvalue weighted by Crippen LogP contribution is -2.55. The van der Waals surface area contributed by atoms with Crippen LogP contribution in [0.15, 0.2) is 59.6 Å². The first-order chi connectivity index (χ1) is 13.2. The third kappa shape index (κ3) is 2.93. The number of nitrogens with one attached hydrogen (secondary N) is 1. The molecule has 7 heteroatoms. The fraction of sp³-hybridized carbons (Fsp3) is 0.250. The van der Waals surface area contributed by atoms with Crippen LogP contribution in [0.3, 0.4) is 0 Å². The van der Waals surface area contributed by atoms with Crippen LogP contribution in [0.4, 0.5) is 4.79 Å². The summed E-state index contributed by atoms with van der Waals surface area (Å²) in [6.07, 6.45) is 3.16. The van der Waals surface area contributed by atoms with Crippen molar-refractivity contribution in [1.29, 1.82) is 0 Å². The molecule has 2 saturated heterocycles. The van der Waals surface area contributed by atoms with Crippen LogP contribution in [-0.2, 0) is 15.2 Å². The van der Waals surface area contributed by atoms with E-state index in [0.717, 1.165) is 23.7 Å². The van der Waals surface area contributed by atoms with Crippen LogP contribution in [-0.4, -0.2) is 34.7 Å². The number of hydrogen-bond donors (Lipinski definition) is 1. The van der Waals surface area contributed by atoms with E-state index in [2.05, 4.69) is 10.3 Å². The first-order valence-corrected chi connectivity index (χ1v) is 9.55. The summed E-state index contributed by atoms with van der Waals surface area (Å²) in [6.45, 7) is 0.715. The Morgan fingerprint density at radius 1 is 1.19 bits per heavy atom. The van der Waals surface area contributed by atoms with Gasteiger partial charge in [-0.15, -0.1) is 0 Å². The van der Waals surface area contributed by atoms with Gasteiger partial charge in [0, 0.05) is 11.8 Å². The van der Waals surface area contributed by atoms with Crippen molar-refractivity contribution in [2.75, 3.05) is 13.7 Å². The maximum Gasteiger partial charge on any atom is 0.295 e. The van der Waals surface area contributed by atoms with E-state index in [4.69, 9.17) is 4.74 Å². The Morgan fingerprint density at radius 3 is 2.59 bits per heavy atom. The summed E-state index contributed by atoms with van der Waals surface area (Å²) in [5.41, 5.74) is 0.515. The molecule has 0 aliphatic carbocycles. The van der Waals surface area contributed by atoms with Crippen LogP contribution in [0.5, 0.6) is 0 Å². The Balaban J connectivity index is 1.80. The molecule has 2 aliphatic heterocycles. The molecule has 2 aliphatic rings. The Morgan fingerprint density at radius 2 is 1.96 bits per heavy atom. The summed E-state index contributed by atoms with van der Waals surface area (Å²) in [5, 5.41) is 3.03. The third-order valence-electron chi connectivity index (χ3n) is 4.82. The average Bonchev–Trinajstić information content (AvgIpc) is 3.30. The van der Waals surface area contributed by atoms with Crippen LogP contribution in [0, 0.1) is 0 Å². The van der Waals surface area contributed by atoms with E-state index in [9.17, 15) is 9.59 Å². The SMILES string of the molecule is COC(=C1SC(=O)N([C@]2(c3ccccn3)CCCN2)C1=O)c1ccccc1. The zero-order valence-corrected chi connectivity index (χ0v) is 15.7. The molecule has 0 spiro atoms. The monoisotopic (exact) mass is 381 g/mol. The molecule has 0 radical (unpaired) electrons. The van der Waals surface area contributed by atoms with Gasteiger partial charge in [-0.05, 0) is 43.3 Å². The van der Waals surface area contributed by atoms with Crippen molar-refractivity contribution >= 4 is 28.7 Å². The van der Waals surface area contributed by atoms with Crippen LogP contribution < -0.4 is 5.32 Å². The highest BCUT2D eigenvalue weighted by molar-refractivity contribution is 8.18. The molecule has 1 atom stereocenters. The van der Waals surface area contributed by atoms with Gasteiger partial charge < -0.3 is 4.74 Å². The normalized spacial score (nSPS) is 24.4. The van der Waals surface area contributed by atoms with Gasteiger partial charge in [-0.2, -0.15) is 0 Å². The van der Waals surface area contributed by atoms with Gasteiger partial charge in [0.2, 0.25) is 0 Å². The zero-order chi connectivity index (χ0) is 18.9. The van der Waals surface area contributed by atoms with E-state index in [0.29, 0.717) is 29.3 Å². The van der Waals surface area contributed by atoms with E-state index >= 15 is 0 Å². The van der Waals surface area contributed by atoms with Crippen molar-refractivity contribution in [3.63, 3.8) is 0 Å². The molecule has 27 heavy (non-hydrogen) atoms. The summed E-state index contributed by atoms with van der Waals surface area (Å²) in [7, 11) is 1.51. The number of carbonyl (C=O) groups excluding carboxylic acids is 2. The van der Waals surface area contributed by atoms with Crippen LogP contribution >= 0.6 is 11.8 Å². The third-order valence-corrected chi connectivity index (χ3v) is 5.74. The zero-order valence-electron chi connectivity index (χ0n) is 14.8. The lowest BCUT2D eigenvalue weighted by atomic mass is 10.0. The number of pyridine rings is 1. The highest BCUT2D eigenvalue weighted by Crippen LogP contribution is 2.45. The maximum absolute atomic E-state index is 13.3. The van der Waals surface area contributed by atoms with Crippen molar-refractivity contribution in [3.8, 4) is 0 Å². The molecule has 0 unspecified atom stereocenters. The Hall–Kier alpha value is -2.64. The summed E-state index contributed by atoms with van der Waals surface area (Å²) in [5.74, 6) is 0.0568. The van der Waals surface area contributed by atoms with Crippen molar-refractivity contribution < 1.29 is 14.3 Å². The summed E-state index contributed by atoms with van der Waals surface area (Å²) in [6, 6.07) is 14.9. The molecule has 2 amide bonds. The fourth-order valence-electron chi connectivity index (χ4n) is 3.62. The molecular formula is C20H19N3O3S. The number of carbonyl (C=O) groups is 2. The molecule has 1 aromatic heterocycles. The van der Waals surface area contributed by atoms with Crippen molar-refractivity contribution in [1.82, 2.24) is 15.2 Å². The maximum atomic E-state index is 13.3. The van der Waals surface area contributed by atoms with Gasteiger partial charge in [0.05, 0.1) is 12.8 Å². The number of imide groups is 1. The van der Waals surface area contributed by atoms with Crippen LogP contribution in [0.2, 0.25) is 0 Å². The van der Waals surface area contributed by atoms with E-state index < -0.39 is 5.66 Å². The topological polar surface area (TPSA) is 71.5 Å². The molecule has 6 nitrogen and oxygen atoms in total. The Bertz CT molecular complexity index is 893. The van der Waals surface area contributed by atoms with Gasteiger partial charge in [0.1, 0.15) is 16.3 Å². The highest BCUT2D eigenvalue weighted by atomic mass is 32.2. The number of nitrogens with zero attached hydrogens (tertiary/aromatic N) is 2. The summed E-state index contributed by atoms with van der Waals surface area (Å²) < 4.78 is 5.51. The van der Waals surface area contributed by atoms with Crippen molar-refractivity contribution in [3.05, 3.63) is 70.9 Å². The second-order valence-corrected chi connectivity index (χ2v) is 7.30. The number of aromatic nitrogens is 1. The van der Waals surface area contributed by atoms with E-state index in [1.807, 2.05) is 48.5 Å². The van der Waals surface area contributed by atoms with Crippen LogP contribution in [0.25, 0.3) is 5.76 Å². The predicted octanol–water partition coefficient (Wildman–Crippen LogP) is 3.33. The fourth-order valence-corrected chi connectivity index (χ4v) is 4.60.